The molecule has 0 aromatic heterocycles. The molecule has 1 aromatic carbocycles. The fourth-order valence-corrected chi connectivity index (χ4v) is 10.5. The van der Waals surface area contributed by atoms with Gasteiger partial charge in [-0.15, -0.1) is 0 Å². The number of primary amides is 1. The van der Waals surface area contributed by atoms with Gasteiger partial charge in [0, 0.05) is 12.1 Å². The van der Waals surface area contributed by atoms with Gasteiger partial charge in [0.1, 0.15) is 18.1 Å². The zero-order valence-electron chi connectivity index (χ0n) is 42.5. The van der Waals surface area contributed by atoms with Gasteiger partial charge in [0.2, 0.25) is 17.6 Å². The molecular weight excluding hydrogens is 881 g/mol. The Bertz CT molecular complexity index is 2080. The lowest BCUT2D eigenvalue weighted by Gasteiger charge is -2.39. The van der Waals surface area contributed by atoms with E-state index >= 15 is 0 Å². The summed E-state index contributed by atoms with van der Waals surface area (Å²) in [5, 5.41) is 16.5. The molecule has 4 fully saturated rings. The van der Waals surface area contributed by atoms with Crippen LogP contribution in [-0.2, 0) is 43.3 Å². The summed E-state index contributed by atoms with van der Waals surface area (Å²) in [6.45, 7) is 25.4. The quantitative estimate of drug-likeness (QED) is 0.112. The van der Waals surface area contributed by atoms with Gasteiger partial charge in [-0.1, -0.05) is 112 Å². The number of likely N-dealkylation sites (N-methyl/N-ethyl adjacent to an activating group) is 1. The highest BCUT2D eigenvalue weighted by atomic mass is 32.2. The van der Waals surface area contributed by atoms with E-state index in [2.05, 4.69) is 16.0 Å². The van der Waals surface area contributed by atoms with Crippen molar-refractivity contribution in [3.05, 3.63) is 35.9 Å². The number of rotatable bonds is 15. The molecular formula is C49H80N6O11S. The maximum atomic E-state index is 14.4. The fraction of sp³-hybridized carbons (Fsp3) is 0.735. The topological polar surface area (TPSA) is 252 Å². The first-order chi connectivity index (χ1) is 30.6. The molecule has 2 saturated heterocycles. The van der Waals surface area contributed by atoms with Crippen LogP contribution in [0.4, 0.5) is 4.79 Å². The molecule has 1 unspecified atom stereocenters. The number of fused-ring (bicyclic) bond motifs is 1. The van der Waals surface area contributed by atoms with Gasteiger partial charge in [-0.3, -0.25) is 33.7 Å². The maximum absolute atomic E-state index is 14.4. The van der Waals surface area contributed by atoms with Crippen molar-refractivity contribution in [2.75, 3.05) is 19.3 Å². The second kappa shape index (κ2) is 21.8. The Morgan fingerprint density at radius 3 is 1.91 bits per heavy atom. The van der Waals surface area contributed by atoms with Crippen molar-refractivity contribution in [1.29, 1.82) is 0 Å². The summed E-state index contributed by atoms with van der Waals surface area (Å²) in [6.07, 6.45) is 3.32. The number of aliphatic carboxylic acids is 1. The van der Waals surface area contributed by atoms with Crippen LogP contribution in [0.15, 0.2) is 30.3 Å². The van der Waals surface area contributed by atoms with E-state index in [1.807, 2.05) is 97.7 Å². The minimum absolute atomic E-state index is 0.0468. The Morgan fingerprint density at radius 2 is 1.49 bits per heavy atom. The van der Waals surface area contributed by atoms with Crippen LogP contribution in [0.3, 0.4) is 0 Å². The van der Waals surface area contributed by atoms with Crippen LogP contribution in [0.2, 0.25) is 0 Å². The molecule has 0 spiro atoms. The number of hydrogen-bond donors (Lipinski definition) is 5. The number of esters is 1. The van der Waals surface area contributed by atoms with E-state index in [-0.39, 0.29) is 59.0 Å². The SMILES string of the molecule is CC(C)C(=O)O.CC(C)C[C@@](C)(CS(=O)(=O)C(C)(C)C)NC(=O)N[C@@H](C(=O)N1C[C@H]2[C@@H]([C@H]1C(=O)NC(CC1CCC1)C(=O)C(N)=O)C2(C)C)C(C)(C)C.C[C@@H]1C(=O)O[C@H](c2ccccc2)N1C. The van der Waals surface area contributed by atoms with E-state index in [9.17, 15) is 42.0 Å². The Balaban J connectivity index is 0.000000486. The van der Waals surface area contributed by atoms with E-state index in [1.165, 1.54) is 4.90 Å². The molecule has 1 aromatic rings. The standard InChI is InChI=1S/C34H59N5O7S.C11H13NO2.C4H8O2/c1-19(2)16-34(11,18-47(45,46)32(6,7)8)38-30(44)37-26(31(3,4)5)29(43)39-17-21-23(33(21,9)10)24(39)28(42)36-22(25(40)27(35)41)15-20-13-12-14-20;1-8-11(13)14-10(12(8)2)9-6-4-3-5-7-9;1-3(2)4(5)6/h19-24,26H,12-18H2,1-11H3,(H2,35,41)(H,36,42)(H2,37,38,44);3-8,10H,1-2H3;3H,1-2H3,(H,5,6)/t21-,22?,23-,24-,26-,34-;8-,10-;/m01./s1. The molecule has 17 nitrogen and oxygen atoms in total. The highest BCUT2D eigenvalue weighted by Gasteiger charge is 2.70. The summed E-state index contributed by atoms with van der Waals surface area (Å²) in [6, 6.07) is 5.92. The van der Waals surface area contributed by atoms with E-state index < -0.39 is 79.2 Å². The number of ether oxygens (including phenoxy) is 1. The minimum Gasteiger partial charge on any atom is -0.481 e. The lowest BCUT2D eigenvalue weighted by molar-refractivity contribution is -0.145. The number of carboxylic acid groups (broad SMARTS) is 1. The van der Waals surface area contributed by atoms with E-state index in [0.717, 1.165) is 24.8 Å². The normalized spacial score (nSPS) is 24.2. The van der Waals surface area contributed by atoms with E-state index in [0.29, 0.717) is 19.4 Å². The number of cyclic esters (lactones) is 1. The van der Waals surface area contributed by atoms with Crippen molar-refractivity contribution >= 4 is 51.3 Å². The fourth-order valence-electron chi connectivity index (χ4n) is 9.06. The molecule has 0 radical (unpaired) electrons. The minimum atomic E-state index is -3.60. The summed E-state index contributed by atoms with van der Waals surface area (Å²) in [7, 11) is -1.71. The van der Waals surface area contributed by atoms with Gasteiger partial charge in [-0.2, -0.15) is 0 Å². The van der Waals surface area contributed by atoms with E-state index in [4.69, 9.17) is 15.6 Å². The van der Waals surface area contributed by atoms with Crippen LogP contribution in [-0.4, -0.2) is 119 Å². The molecule has 5 rings (SSSR count). The number of piperidine rings is 1. The Labute approximate surface area is 398 Å². The number of Topliss-reactive ketones (excluding diaryl/α,β-unsaturated/α-hetero) is 1. The molecule has 5 amide bonds. The summed E-state index contributed by atoms with van der Waals surface area (Å²) >= 11 is 0. The number of urea groups is 1. The van der Waals surface area contributed by atoms with Gasteiger partial charge in [0.25, 0.3) is 5.91 Å². The third-order valence-corrected chi connectivity index (χ3v) is 16.5. The highest BCUT2D eigenvalue weighted by Crippen LogP contribution is 2.65. The lowest BCUT2D eigenvalue weighted by atomic mass is 9.80. The molecule has 0 bridgehead atoms. The average molecular weight is 961 g/mol. The number of ketones is 1. The first kappa shape index (κ1) is 56.7. The maximum Gasteiger partial charge on any atom is 0.325 e. The molecule has 67 heavy (non-hydrogen) atoms. The second-order valence-corrected chi connectivity index (χ2v) is 25.4. The third-order valence-electron chi connectivity index (χ3n) is 13.7. The third kappa shape index (κ3) is 14.5. The predicted octanol–water partition coefficient (Wildman–Crippen LogP) is 5.22. The van der Waals surface area contributed by atoms with Crippen LogP contribution in [0.1, 0.15) is 141 Å². The highest BCUT2D eigenvalue weighted by molar-refractivity contribution is 7.92. The summed E-state index contributed by atoms with van der Waals surface area (Å²) in [5.41, 5.74) is 4.25. The largest absolute Gasteiger partial charge is 0.481 e. The van der Waals surface area contributed by atoms with Crippen molar-refractivity contribution in [2.24, 2.45) is 46.2 Å². The van der Waals surface area contributed by atoms with Crippen LogP contribution >= 0.6 is 0 Å². The van der Waals surface area contributed by atoms with Crippen LogP contribution < -0.4 is 21.7 Å². The number of benzene rings is 1. The molecule has 4 aliphatic rings. The second-order valence-electron chi connectivity index (χ2n) is 22.7. The van der Waals surface area contributed by atoms with Gasteiger partial charge >= 0.3 is 18.0 Å². The molecule has 8 atom stereocenters. The predicted molar refractivity (Wildman–Crippen MR) is 256 cm³/mol. The molecule has 2 aliphatic carbocycles. The van der Waals surface area contributed by atoms with Gasteiger partial charge in [-0.25, -0.2) is 13.2 Å². The molecule has 2 saturated carbocycles. The number of carbonyl (C=O) groups excluding carboxylic acids is 6. The molecule has 18 heteroatoms. The molecule has 6 N–H and O–H groups in total. The van der Waals surface area contributed by atoms with Gasteiger partial charge in [0.05, 0.1) is 28.0 Å². The number of hydrogen-bond acceptors (Lipinski definition) is 11. The van der Waals surface area contributed by atoms with Gasteiger partial charge < -0.3 is 36.4 Å². The molecule has 2 heterocycles. The lowest BCUT2D eigenvalue weighted by Crippen LogP contribution is -2.63. The number of nitrogens with zero attached hydrogens (tertiary/aromatic N) is 2. The Hall–Kier alpha value is -4.58. The van der Waals surface area contributed by atoms with Crippen molar-refractivity contribution in [3.63, 3.8) is 0 Å². The zero-order valence-corrected chi connectivity index (χ0v) is 43.3. The van der Waals surface area contributed by atoms with Crippen LogP contribution in [0, 0.1) is 40.4 Å². The zero-order chi connectivity index (χ0) is 51.4. The number of carboxylic acids is 1. The van der Waals surface area contributed by atoms with Gasteiger partial charge in [-0.05, 0) is 89.0 Å². The summed E-state index contributed by atoms with van der Waals surface area (Å²) < 4.78 is 30.6. The first-order valence-electron chi connectivity index (χ1n) is 23.5. The number of nitrogens with one attached hydrogen (secondary N) is 3. The van der Waals surface area contributed by atoms with Crippen molar-refractivity contribution in [1.82, 2.24) is 25.8 Å². The summed E-state index contributed by atoms with van der Waals surface area (Å²) in [4.78, 5) is 90.9. The Morgan fingerprint density at radius 1 is 0.940 bits per heavy atom. The van der Waals surface area contributed by atoms with Crippen molar-refractivity contribution in [2.45, 2.75) is 170 Å². The number of nitrogens with two attached hydrogens (primary N) is 1. The van der Waals surface area contributed by atoms with Crippen LogP contribution in [0.5, 0.6) is 0 Å². The number of likely N-dealkylation sites (tertiary alicyclic amines) is 1. The first-order valence-corrected chi connectivity index (χ1v) is 25.2. The van der Waals surface area contributed by atoms with E-state index in [1.54, 1.807) is 41.5 Å². The van der Waals surface area contributed by atoms with Crippen molar-refractivity contribution < 1.29 is 51.8 Å². The number of amides is 5. The Kier molecular flexibility index (Phi) is 18.5. The summed E-state index contributed by atoms with van der Waals surface area (Å²) in [5.74, 6) is -4.14. The molecule has 2 aliphatic heterocycles. The number of carbonyl (C=O) groups is 7. The van der Waals surface area contributed by atoms with Crippen LogP contribution in [0.25, 0.3) is 0 Å². The average Bonchev–Trinajstić information content (AvgIpc) is 3.41. The number of sulfone groups is 1. The molecule has 378 valence electrons. The monoisotopic (exact) mass is 961 g/mol. The van der Waals surface area contributed by atoms with Crippen molar-refractivity contribution in [3.8, 4) is 0 Å². The smallest absolute Gasteiger partial charge is 0.325 e. The van der Waals surface area contributed by atoms with Gasteiger partial charge in [0.15, 0.2) is 16.1 Å².